The van der Waals surface area contributed by atoms with Gasteiger partial charge in [0.1, 0.15) is 0 Å². The highest BCUT2D eigenvalue weighted by Gasteiger charge is 2.33. The Balaban J connectivity index is 2.05. The van der Waals surface area contributed by atoms with Gasteiger partial charge in [-0.3, -0.25) is 9.59 Å². The van der Waals surface area contributed by atoms with Crippen molar-refractivity contribution >= 4 is 11.8 Å². The highest BCUT2D eigenvalue weighted by Crippen LogP contribution is 2.33. The molecule has 18 heavy (non-hydrogen) atoms. The zero-order valence-corrected chi connectivity index (χ0v) is 10.6. The molecule has 0 amide bonds. The number of carboxylic acids is 1. The number of aliphatic carboxylic acids is 1. The van der Waals surface area contributed by atoms with Crippen molar-refractivity contribution in [1.29, 1.82) is 0 Å². The summed E-state index contributed by atoms with van der Waals surface area (Å²) in [6.45, 7) is 2.07. The lowest BCUT2D eigenvalue weighted by Crippen LogP contribution is -2.14. The van der Waals surface area contributed by atoms with Gasteiger partial charge in [-0.2, -0.15) is 0 Å². The van der Waals surface area contributed by atoms with Gasteiger partial charge in [-0.05, 0) is 31.2 Å². The summed E-state index contributed by atoms with van der Waals surface area (Å²) in [4.78, 5) is 23.1. The van der Waals surface area contributed by atoms with Crippen molar-refractivity contribution in [3.8, 4) is 0 Å². The van der Waals surface area contributed by atoms with Crippen molar-refractivity contribution in [3.05, 3.63) is 35.4 Å². The van der Waals surface area contributed by atoms with Crippen molar-refractivity contribution in [2.75, 3.05) is 0 Å². The molecule has 0 spiro atoms. The van der Waals surface area contributed by atoms with Crippen LogP contribution in [0, 0.1) is 11.8 Å². The van der Waals surface area contributed by atoms with Crippen LogP contribution < -0.4 is 0 Å². The molecule has 0 heterocycles. The number of carbonyl (C=O) groups is 2. The Morgan fingerprint density at radius 3 is 2.28 bits per heavy atom. The summed E-state index contributed by atoms with van der Waals surface area (Å²) >= 11 is 0. The maximum Gasteiger partial charge on any atom is 0.306 e. The molecule has 0 unspecified atom stereocenters. The topological polar surface area (TPSA) is 54.4 Å². The molecule has 1 aliphatic carbocycles. The molecule has 3 heteroatoms. The van der Waals surface area contributed by atoms with Crippen LogP contribution in [0.2, 0.25) is 0 Å². The smallest absolute Gasteiger partial charge is 0.306 e. The van der Waals surface area contributed by atoms with Crippen LogP contribution in [-0.4, -0.2) is 16.9 Å². The van der Waals surface area contributed by atoms with E-state index in [1.54, 1.807) is 0 Å². The molecule has 1 aromatic rings. The zero-order valence-electron chi connectivity index (χ0n) is 10.6. The van der Waals surface area contributed by atoms with Crippen molar-refractivity contribution in [1.82, 2.24) is 0 Å². The van der Waals surface area contributed by atoms with Crippen molar-refractivity contribution < 1.29 is 14.7 Å². The van der Waals surface area contributed by atoms with Gasteiger partial charge in [-0.15, -0.1) is 0 Å². The summed E-state index contributed by atoms with van der Waals surface area (Å²) in [5.41, 5.74) is 1.92. The van der Waals surface area contributed by atoms with E-state index < -0.39 is 5.97 Å². The van der Waals surface area contributed by atoms with Gasteiger partial charge in [0.25, 0.3) is 0 Å². The molecule has 1 aliphatic rings. The van der Waals surface area contributed by atoms with E-state index in [1.807, 2.05) is 24.3 Å². The summed E-state index contributed by atoms with van der Waals surface area (Å²) in [5, 5.41) is 8.94. The fourth-order valence-corrected chi connectivity index (χ4v) is 2.58. The maximum absolute atomic E-state index is 12.2. The number of ketones is 1. The third-order valence-corrected chi connectivity index (χ3v) is 3.80. The molecule has 1 N–H and O–H groups in total. The van der Waals surface area contributed by atoms with Gasteiger partial charge in [0.05, 0.1) is 5.92 Å². The average Bonchev–Trinajstić information content (AvgIpc) is 2.88. The minimum absolute atomic E-state index is 0.0985. The third kappa shape index (κ3) is 2.61. The molecule has 2 rings (SSSR count). The van der Waals surface area contributed by atoms with Gasteiger partial charge in [0.15, 0.2) is 5.78 Å². The number of carboxylic acid groups (broad SMARTS) is 1. The molecule has 2 atom stereocenters. The first kappa shape index (κ1) is 12.8. The van der Waals surface area contributed by atoms with Crippen LogP contribution in [0.25, 0.3) is 0 Å². The van der Waals surface area contributed by atoms with E-state index >= 15 is 0 Å². The lowest BCUT2D eigenvalue weighted by Gasteiger charge is -2.09. The van der Waals surface area contributed by atoms with E-state index in [-0.39, 0.29) is 17.6 Å². The van der Waals surface area contributed by atoms with Gasteiger partial charge in [-0.1, -0.05) is 31.2 Å². The van der Waals surface area contributed by atoms with Crippen LogP contribution in [0.4, 0.5) is 0 Å². The number of rotatable bonds is 4. The number of hydrogen-bond donors (Lipinski definition) is 1. The summed E-state index contributed by atoms with van der Waals surface area (Å²) in [5.74, 6) is -1.12. The molecule has 0 aliphatic heterocycles. The second-order valence-electron chi connectivity index (χ2n) is 4.96. The van der Waals surface area contributed by atoms with E-state index in [2.05, 4.69) is 6.92 Å². The van der Waals surface area contributed by atoms with Crippen LogP contribution in [0.3, 0.4) is 0 Å². The van der Waals surface area contributed by atoms with Crippen LogP contribution in [0.1, 0.15) is 42.1 Å². The second-order valence-corrected chi connectivity index (χ2v) is 4.96. The Morgan fingerprint density at radius 2 is 1.78 bits per heavy atom. The predicted octanol–water partition coefficient (Wildman–Crippen LogP) is 2.93. The fourth-order valence-electron chi connectivity index (χ4n) is 2.58. The summed E-state index contributed by atoms with van der Waals surface area (Å²) in [6, 6.07) is 7.65. The molecule has 0 radical (unpaired) electrons. The molecular formula is C15H18O3. The Bertz CT molecular complexity index is 447. The molecule has 0 aromatic heterocycles. The largest absolute Gasteiger partial charge is 0.481 e. The molecule has 1 aromatic carbocycles. The van der Waals surface area contributed by atoms with Gasteiger partial charge >= 0.3 is 5.97 Å². The Kier molecular flexibility index (Phi) is 3.80. The first-order valence-electron chi connectivity index (χ1n) is 6.47. The molecule has 1 fully saturated rings. The first-order chi connectivity index (χ1) is 8.61. The van der Waals surface area contributed by atoms with Crippen molar-refractivity contribution in [3.63, 3.8) is 0 Å². The van der Waals surface area contributed by atoms with Gasteiger partial charge < -0.3 is 5.11 Å². The predicted molar refractivity (Wildman–Crippen MR) is 68.6 cm³/mol. The number of hydrogen-bond acceptors (Lipinski definition) is 2. The van der Waals surface area contributed by atoms with Gasteiger partial charge in [-0.25, -0.2) is 0 Å². The monoisotopic (exact) mass is 246 g/mol. The van der Waals surface area contributed by atoms with Crippen LogP contribution in [0.5, 0.6) is 0 Å². The van der Waals surface area contributed by atoms with Gasteiger partial charge in [0.2, 0.25) is 0 Å². The zero-order chi connectivity index (χ0) is 13.1. The normalized spacial score (nSPS) is 22.9. The Morgan fingerprint density at radius 1 is 1.17 bits per heavy atom. The number of Topliss-reactive ketones (excluding diaryl/α,β-unsaturated/α-hetero) is 1. The third-order valence-electron chi connectivity index (χ3n) is 3.80. The number of aryl methyl sites for hydroxylation is 1. The maximum atomic E-state index is 12.2. The van der Waals surface area contributed by atoms with E-state index in [4.69, 9.17) is 5.11 Å². The second kappa shape index (κ2) is 5.34. The first-order valence-corrected chi connectivity index (χ1v) is 6.47. The molecular weight excluding hydrogens is 228 g/mol. The van der Waals surface area contributed by atoms with Crippen LogP contribution in [-0.2, 0) is 11.2 Å². The number of carbonyl (C=O) groups excluding carboxylic acids is 1. The molecule has 0 bridgehead atoms. The fraction of sp³-hybridized carbons (Fsp3) is 0.467. The average molecular weight is 246 g/mol. The van der Waals surface area contributed by atoms with E-state index in [1.165, 1.54) is 5.56 Å². The van der Waals surface area contributed by atoms with Gasteiger partial charge in [0, 0.05) is 11.5 Å². The Hall–Kier alpha value is -1.64. The summed E-state index contributed by atoms with van der Waals surface area (Å²) < 4.78 is 0. The summed E-state index contributed by atoms with van der Waals surface area (Å²) in [7, 11) is 0. The highest BCUT2D eigenvalue weighted by molar-refractivity contribution is 5.98. The molecule has 3 nitrogen and oxygen atoms in total. The SMILES string of the molecule is CCc1ccc(C(=O)[C@H]2CC[C@@H](C(=O)O)C2)cc1. The Labute approximate surface area is 107 Å². The minimum Gasteiger partial charge on any atom is -0.481 e. The minimum atomic E-state index is -0.772. The molecule has 1 saturated carbocycles. The van der Waals surface area contributed by atoms with E-state index in [9.17, 15) is 9.59 Å². The van der Waals surface area contributed by atoms with Crippen LogP contribution in [0.15, 0.2) is 24.3 Å². The van der Waals surface area contributed by atoms with E-state index in [0.717, 1.165) is 6.42 Å². The van der Waals surface area contributed by atoms with Crippen molar-refractivity contribution in [2.24, 2.45) is 11.8 Å². The highest BCUT2D eigenvalue weighted by atomic mass is 16.4. The standard InChI is InChI=1S/C15H18O3/c1-2-10-3-5-11(6-4-10)14(16)12-7-8-13(9-12)15(17)18/h3-6,12-13H,2,7-9H2,1H3,(H,17,18)/t12-,13+/m0/s1. The van der Waals surface area contributed by atoms with Crippen LogP contribution >= 0.6 is 0 Å². The lowest BCUT2D eigenvalue weighted by molar-refractivity contribution is -0.141. The lowest BCUT2D eigenvalue weighted by atomic mass is 9.94. The van der Waals surface area contributed by atoms with Crippen molar-refractivity contribution in [2.45, 2.75) is 32.6 Å². The van der Waals surface area contributed by atoms with E-state index in [0.29, 0.717) is 24.8 Å². The molecule has 0 saturated heterocycles. The quantitative estimate of drug-likeness (QED) is 0.831. The number of benzene rings is 1. The summed E-state index contributed by atoms with van der Waals surface area (Å²) in [6.07, 6.45) is 2.77. The molecule has 96 valence electrons.